The van der Waals surface area contributed by atoms with Gasteiger partial charge in [-0.2, -0.15) is 5.06 Å². The number of carboxylic acid groups (broad SMARTS) is 2. The number of nitrogens with zero attached hydrogens (tertiary/aromatic N) is 1. The third-order valence-electron chi connectivity index (χ3n) is 13.8. The largest absolute Gasteiger partial charge is 0.479 e. The van der Waals surface area contributed by atoms with Gasteiger partial charge in [0.2, 0.25) is 0 Å². The van der Waals surface area contributed by atoms with Gasteiger partial charge in [-0.3, -0.25) is 14.8 Å². The summed E-state index contributed by atoms with van der Waals surface area (Å²) in [6.45, 7) is 15.8. The van der Waals surface area contributed by atoms with E-state index in [1.165, 1.54) is 6.42 Å². The van der Waals surface area contributed by atoms with Crippen LogP contribution >= 0.6 is 0 Å². The quantitative estimate of drug-likeness (QED) is 0.211. The first-order chi connectivity index (χ1) is 18.8. The molecule has 8 nitrogen and oxygen atoms in total. The van der Waals surface area contributed by atoms with Crippen LogP contribution in [0, 0.1) is 50.2 Å². The second-order valence-electron chi connectivity index (χ2n) is 16.3. The molecule has 0 spiro atoms. The van der Waals surface area contributed by atoms with E-state index in [2.05, 4.69) is 41.5 Å². The summed E-state index contributed by atoms with van der Waals surface area (Å²) in [5, 5.41) is 29.2. The molecule has 8 atom stereocenters. The van der Waals surface area contributed by atoms with Crippen molar-refractivity contribution in [3.05, 3.63) is 11.6 Å². The van der Waals surface area contributed by atoms with Gasteiger partial charge in [0.1, 0.15) is 0 Å². The number of aliphatic carboxylic acids is 2. The highest BCUT2D eigenvalue weighted by Gasteiger charge is 2.69. The Morgan fingerprint density at radius 3 is 2.10 bits per heavy atom. The van der Waals surface area contributed by atoms with Crippen molar-refractivity contribution in [1.29, 1.82) is 0 Å². The number of rotatable bonds is 4. The van der Waals surface area contributed by atoms with Gasteiger partial charge >= 0.3 is 11.9 Å². The van der Waals surface area contributed by atoms with Crippen LogP contribution in [0.4, 0.5) is 0 Å². The highest BCUT2D eigenvalue weighted by Crippen LogP contribution is 2.75. The molecule has 8 heteroatoms. The molecular weight excluding hydrogens is 522 g/mol. The Morgan fingerprint density at radius 2 is 1.49 bits per heavy atom. The van der Waals surface area contributed by atoms with Gasteiger partial charge in [0.05, 0.1) is 0 Å². The molecule has 0 aromatic carbocycles. The Morgan fingerprint density at radius 1 is 0.878 bits per heavy atom. The number of carboxylic acids is 2. The SMILES string of the molecule is CC1(C(=O)N(O)C(C(=O)O)C(=O)O)CC[C@]2(C)CC[C@]3(C)C(=CC(=O)C4[C@@]5(C)CCCC(C)(C)C5CC[C@]43C)[C@@H]2C1. The Kier molecular flexibility index (Phi) is 6.74. The Labute approximate surface area is 243 Å². The molecule has 3 unspecified atom stereocenters. The minimum Gasteiger partial charge on any atom is -0.479 e. The lowest BCUT2D eigenvalue weighted by Gasteiger charge is -2.70. The number of allylic oxidation sites excluding steroid dienone is 2. The molecule has 4 fully saturated rings. The van der Waals surface area contributed by atoms with E-state index >= 15 is 0 Å². The van der Waals surface area contributed by atoms with Crippen LogP contribution in [0.2, 0.25) is 0 Å². The lowest BCUT2D eigenvalue weighted by Crippen LogP contribution is -2.65. The molecule has 41 heavy (non-hydrogen) atoms. The number of carbonyl (C=O) groups excluding carboxylic acids is 2. The van der Waals surface area contributed by atoms with Gasteiger partial charge in [-0.25, -0.2) is 9.59 Å². The van der Waals surface area contributed by atoms with Crippen LogP contribution in [0.1, 0.15) is 113 Å². The smallest absolute Gasteiger partial charge is 0.340 e. The number of carbonyl (C=O) groups is 4. The molecule has 1 amide bonds. The van der Waals surface area contributed by atoms with Crippen LogP contribution < -0.4 is 0 Å². The summed E-state index contributed by atoms with van der Waals surface area (Å²) in [5.74, 6) is -3.90. The van der Waals surface area contributed by atoms with Crippen LogP contribution in [0.15, 0.2) is 11.6 Å². The first-order valence-electron chi connectivity index (χ1n) is 15.5. The van der Waals surface area contributed by atoms with Crippen molar-refractivity contribution in [3.63, 3.8) is 0 Å². The summed E-state index contributed by atoms with van der Waals surface area (Å²) in [4.78, 5) is 51.1. The molecule has 0 aromatic heterocycles. The van der Waals surface area contributed by atoms with Crippen LogP contribution in [-0.4, -0.2) is 50.2 Å². The van der Waals surface area contributed by atoms with E-state index in [9.17, 15) is 34.6 Å². The van der Waals surface area contributed by atoms with Crippen molar-refractivity contribution in [3.8, 4) is 0 Å². The van der Waals surface area contributed by atoms with Gasteiger partial charge in [-0.15, -0.1) is 0 Å². The zero-order valence-electron chi connectivity index (χ0n) is 25.9. The Balaban J connectivity index is 1.55. The number of ketones is 1. The molecule has 228 valence electrons. The maximum atomic E-state index is 14.4. The number of hydrogen-bond acceptors (Lipinski definition) is 5. The lowest BCUT2D eigenvalue weighted by atomic mass is 9.33. The zero-order chi connectivity index (χ0) is 30.6. The summed E-state index contributed by atoms with van der Waals surface area (Å²) in [6, 6.07) is -2.37. The minimum atomic E-state index is -2.37. The van der Waals surface area contributed by atoms with Crippen molar-refractivity contribution in [2.45, 2.75) is 119 Å². The van der Waals surface area contributed by atoms with Crippen LogP contribution in [0.3, 0.4) is 0 Å². The van der Waals surface area contributed by atoms with E-state index in [0.29, 0.717) is 25.2 Å². The molecule has 5 aliphatic rings. The minimum absolute atomic E-state index is 0.0529. The third kappa shape index (κ3) is 4.01. The van der Waals surface area contributed by atoms with Crippen molar-refractivity contribution >= 4 is 23.6 Å². The predicted molar refractivity (Wildman–Crippen MR) is 152 cm³/mol. The van der Waals surface area contributed by atoms with Crippen molar-refractivity contribution in [2.24, 2.45) is 50.2 Å². The molecule has 0 aromatic rings. The molecule has 0 radical (unpaired) electrons. The fourth-order valence-corrected chi connectivity index (χ4v) is 11.2. The maximum Gasteiger partial charge on any atom is 0.340 e. The lowest BCUT2D eigenvalue weighted by molar-refractivity contribution is -0.205. The summed E-state index contributed by atoms with van der Waals surface area (Å²) in [7, 11) is 0. The molecule has 0 heterocycles. The summed E-state index contributed by atoms with van der Waals surface area (Å²) >= 11 is 0. The van der Waals surface area contributed by atoms with Gasteiger partial charge in [-0.05, 0) is 103 Å². The van der Waals surface area contributed by atoms with Crippen molar-refractivity contribution in [1.82, 2.24) is 5.06 Å². The fourth-order valence-electron chi connectivity index (χ4n) is 11.2. The number of amides is 1. The van der Waals surface area contributed by atoms with Crippen molar-refractivity contribution < 1.29 is 34.6 Å². The van der Waals surface area contributed by atoms with Crippen LogP contribution in [0.25, 0.3) is 0 Å². The fraction of sp³-hybridized carbons (Fsp3) is 0.818. The number of fused-ring (bicyclic) bond motifs is 7. The summed E-state index contributed by atoms with van der Waals surface area (Å²) < 4.78 is 0. The van der Waals surface area contributed by atoms with Crippen LogP contribution in [0.5, 0.6) is 0 Å². The average molecular weight is 572 g/mol. The first kappa shape index (κ1) is 30.2. The average Bonchev–Trinajstić information content (AvgIpc) is 2.84. The van der Waals surface area contributed by atoms with E-state index in [-0.39, 0.29) is 49.8 Å². The van der Waals surface area contributed by atoms with Gasteiger partial charge in [0, 0.05) is 11.3 Å². The topological polar surface area (TPSA) is 132 Å². The summed E-state index contributed by atoms with van der Waals surface area (Å²) in [6.07, 6.45) is 10.8. The molecule has 0 bridgehead atoms. The van der Waals surface area contributed by atoms with E-state index in [1.54, 1.807) is 6.92 Å². The molecule has 4 saturated carbocycles. The van der Waals surface area contributed by atoms with Gasteiger partial charge < -0.3 is 10.2 Å². The number of hydroxylamine groups is 2. The van der Waals surface area contributed by atoms with Gasteiger partial charge in [-0.1, -0.05) is 60.5 Å². The van der Waals surface area contributed by atoms with E-state index < -0.39 is 29.3 Å². The third-order valence-corrected chi connectivity index (χ3v) is 13.8. The van der Waals surface area contributed by atoms with E-state index in [1.807, 2.05) is 6.08 Å². The molecule has 0 saturated heterocycles. The highest BCUT2D eigenvalue weighted by atomic mass is 16.5. The summed E-state index contributed by atoms with van der Waals surface area (Å²) in [5.41, 5.74) is -0.474. The molecule has 5 aliphatic carbocycles. The molecule has 5 rings (SSSR count). The van der Waals surface area contributed by atoms with E-state index in [0.717, 1.165) is 44.1 Å². The zero-order valence-corrected chi connectivity index (χ0v) is 25.9. The van der Waals surface area contributed by atoms with Gasteiger partial charge in [0.15, 0.2) is 5.78 Å². The normalized spacial score (nSPS) is 45.0. The number of hydrogen-bond donors (Lipinski definition) is 3. The van der Waals surface area contributed by atoms with Crippen LogP contribution in [-0.2, 0) is 19.2 Å². The van der Waals surface area contributed by atoms with E-state index in [4.69, 9.17) is 0 Å². The molecule has 3 N–H and O–H groups in total. The van der Waals surface area contributed by atoms with Crippen molar-refractivity contribution in [2.75, 3.05) is 0 Å². The molecule has 0 aliphatic heterocycles. The second-order valence-corrected chi connectivity index (χ2v) is 16.3. The molecular formula is C33H49NO7. The first-order valence-corrected chi connectivity index (χ1v) is 15.5. The highest BCUT2D eigenvalue weighted by molar-refractivity contribution is 6.01. The second kappa shape index (κ2) is 9.14. The maximum absolute atomic E-state index is 14.4. The Bertz CT molecular complexity index is 1210. The van der Waals surface area contributed by atoms with Gasteiger partial charge in [0.25, 0.3) is 11.9 Å². The Hall–Kier alpha value is -2.22. The standard InChI is InChI=1S/C33H49NO7/c1-28(2)10-8-11-31(5)22(28)9-12-33(7)24(31)21(35)17-19-20-18-30(4,14-13-29(20,3)15-16-32(19,33)6)27(40)34(41)23(25(36)37)26(38)39/h17,20,22-24,41H,8-16,18H2,1-7H3,(H,36,37)(H,38,39)/t20-,22?,24?,29+,30?,31-,32+,33+/m0/s1. The predicted octanol–water partition coefficient (Wildman–Crippen LogP) is 6.11. The monoisotopic (exact) mass is 571 g/mol.